The highest BCUT2D eigenvalue weighted by molar-refractivity contribution is 7.98. The maximum absolute atomic E-state index is 13.3. The fourth-order valence-corrected chi connectivity index (χ4v) is 5.30. The van der Waals surface area contributed by atoms with Crippen LogP contribution in [-0.4, -0.2) is 15.8 Å². The SMILES string of the molecule is CSc1nc2sc3c(c2c(=O)n1C1=CCC(C)C=C1)CCCC3. The number of thioether (sulfide) groups is 1. The number of aromatic nitrogens is 2. The lowest BCUT2D eigenvalue weighted by atomic mass is 9.97. The molecule has 2 aliphatic rings. The van der Waals surface area contributed by atoms with Gasteiger partial charge in [0.1, 0.15) is 4.83 Å². The summed E-state index contributed by atoms with van der Waals surface area (Å²) >= 11 is 3.27. The first-order valence-corrected chi connectivity index (χ1v) is 10.2. The van der Waals surface area contributed by atoms with Crippen LogP contribution in [0.4, 0.5) is 0 Å². The second-order valence-corrected chi connectivity index (χ2v) is 8.19. The van der Waals surface area contributed by atoms with Crippen molar-refractivity contribution in [3.63, 3.8) is 0 Å². The van der Waals surface area contributed by atoms with Crippen LogP contribution in [0.2, 0.25) is 0 Å². The number of hydrogen-bond acceptors (Lipinski definition) is 4. The molecule has 0 radical (unpaired) electrons. The summed E-state index contributed by atoms with van der Waals surface area (Å²) in [5.74, 6) is 0.540. The molecule has 2 aliphatic carbocycles. The van der Waals surface area contributed by atoms with Crippen LogP contribution in [0.1, 0.15) is 36.6 Å². The zero-order valence-corrected chi connectivity index (χ0v) is 15.1. The maximum Gasteiger partial charge on any atom is 0.267 e. The molecule has 0 N–H and O–H groups in total. The van der Waals surface area contributed by atoms with Crippen molar-refractivity contribution in [2.75, 3.05) is 6.26 Å². The van der Waals surface area contributed by atoms with Crippen LogP contribution in [0.25, 0.3) is 15.9 Å². The summed E-state index contributed by atoms with van der Waals surface area (Å²) in [4.78, 5) is 20.4. The fourth-order valence-electron chi connectivity index (χ4n) is 3.43. The molecule has 2 aromatic rings. The molecule has 0 spiro atoms. The van der Waals surface area contributed by atoms with Crippen LogP contribution in [0.3, 0.4) is 0 Å². The van der Waals surface area contributed by atoms with Gasteiger partial charge in [0.05, 0.1) is 5.39 Å². The lowest BCUT2D eigenvalue weighted by Crippen LogP contribution is -2.23. The van der Waals surface area contributed by atoms with Gasteiger partial charge in [-0.2, -0.15) is 0 Å². The lowest BCUT2D eigenvalue weighted by Gasteiger charge is -2.16. The van der Waals surface area contributed by atoms with Gasteiger partial charge in [-0.05, 0) is 55.9 Å². The highest BCUT2D eigenvalue weighted by Crippen LogP contribution is 2.35. The molecule has 0 bridgehead atoms. The topological polar surface area (TPSA) is 34.9 Å². The summed E-state index contributed by atoms with van der Waals surface area (Å²) in [6.45, 7) is 2.19. The zero-order valence-electron chi connectivity index (χ0n) is 13.5. The van der Waals surface area contributed by atoms with E-state index in [9.17, 15) is 4.79 Å². The molecule has 120 valence electrons. The Balaban J connectivity index is 1.98. The van der Waals surface area contributed by atoms with E-state index in [0.717, 1.165) is 40.3 Å². The summed E-state index contributed by atoms with van der Waals surface area (Å²) in [6.07, 6.45) is 13.9. The summed E-state index contributed by atoms with van der Waals surface area (Å²) in [6, 6.07) is 0. The molecule has 5 heteroatoms. The minimum absolute atomic E-state index is 0.115. The standard InChI is InChI=1S/C18H20N2OS2/c1-11-7-9-12(10-8-11)20-17(21)15-13-5-3-4-6-14(13)23-16(15)19-18(20)22-2/h7,9-11H,3-6,8H2,1-2H3. The molecule has 2 heterocycles. The van der Waals surface area contributed by atoms with Crippen LogP contribution in [-0.2, 0) is 12.8 Å². The number of nitrogens with zero attached hydrogens (tertiary/aromatic N) is 2. The Morgan fingerprint density at radius 3 is 2.91 bits per heavy atom. The molecular weight excluding hydrogens is 324 g/mol. The molecule has 1 unspecified atom stereocenters. The van der Waals surface area contributed by atoms with Crippen molar-refractivity contribution < 1.29 is 0 Å². The molecule has 0 fully saturated rings. The second kappa shape index (κ2) is 5.95. The third-order valence-electron chi connectivity index (χ3n) is 4.69. The van der Waals surface area contributed by atoms with Crippen LogP contribution < -0.4 is 5.56 Å². The Morgan fingerprint density at radius 1 is 1.35 bits per heavy atom. The van der Waals surface area contributed by atoms with Crippen LogP contribution in [0.5, 0.6) is 0 Å². The predicted molar refractivity (Wildman–Crippen MR) is 99.5 cm³/mol. The fraction of sp³-hybridized carbons (Fsp3) is 0.444. The summed E-state index contributed by atoms with van der Waals surface area (Å²) in [7, 11) is 0. The average molecular weight is 345 g/mol. The van der Waals surface area contributed by atoms with Gasteiger partial charge in [0.25, 0.3) is 5.56 Å². The first-order chi connectivity index (χ1) is 11.2. The van der Waals surface area contributed by atoms with Gasteiger partial charge in [-0.15, -0.1) is 11.3 Å². The molecule has 0 aliphatic heterocycles. The van der Waals surface area contributed by atoms with Crippen molar-refractivity contribution in [2.24, 2.45) is 5.92 Å². The summed E-state index contributed by atoms with van der Waals surface area (Å²) in [5, 5.41) is 1.67. The molecule has 2 aromatic heterocycles. The van der Waals surface area contributed by atoms with Crippen molar-refractivity contribution in [2.45, 2.75) is 44.2 Å². The quantitative estimate of drug-likeness (QED) is 0.594. The van der Waals surface area contributed by atoms with Crippen molar-refractivity contribution in [3.05, 3.63) is 39.0 Å². The molecule has 0 aromatic carbocycles. The van der Waals surface area contributed by atoms with E-state index in [4.69, 9.17) is 4.98 Å². The summed E-state index contributed by atoms with van der Waals surface area (Å²) < 4.78 is 1.82. The minimum Gasteiger partial charge on any atom is -0.268 e. The third-order valence-corrected chi connectivity index (χ3v) is 6.52. The van der Waals surface area contributed by atoms with Crippen LogP contribution >= 0.6 is 23.1 Å². The molecule has 0 amide bonds. The first kappa shape index (κ1) is 15.2. The highest BCUT2D eigenvalue weighted by Gasteiger charge is 2.23. The molecule has 4 rings (SSSR count). The van der Waals surface area contributed by atoms with Crippen molar-refractivity contribution >= 4 is 39.0 Å². The zero-order chi connectivity index (χ0) is 16.0. The number of rotatable bonds is 2. The summed E-state index contributed by atoms with van der Waals surface area (Å²) in [5.41, 5.74) is 2.36. The van der Waals surface area contributed by atoms with E-state index in [2.05, 4.69) is 25.2 Å². The van der Waals surface area contributed by atoms with Crippen LogP contribution in [0, 0.1) is 5.92 Å². The number of fused-ring (bicyclic) bond motifs is 3. The van der Waals surface area contributed by atoms with Gasteiger partial charge in [0.15, 0.2) is 5.16 Å². The first-order valence-electron chi connectivity index (χ1n) is 8.19. The van der Waals surface area contributed by atoms with E-state index >= 15 is 0 Å². The molecule has 0 saturated heterocycles. The van der Waals surface area contributed by atoms with E-state index in [1.165, 1.54) is 23.3 Å². The van der Waals surface area contributed by atoms with Gasteiger partial charge < -0.3 is 0 Å². The normalized spacial score (nSPS) is 20.6. The van der Waals surface area contributed by atoms with Crippen molar-refractivity contribution in [1.29, 1.82) is 0 Å². The van der Waals surface area contributed by atoms with Crippen molar-refractivity contribution in [1.82, 2.24) is 9.55 Å². The predicted octanol–water partition coefficient (Wildman–Crippen LogP) is 4.50. The van der Waals surface area contributed by atoms with Gasteiger partial charge in [-0.1, -0.05) is 30.8 Å². The maximum atomic E-state index is 13.3. The van der Waals surface area contributed by atoms with E-state index < -0.39 is 0 Å². The molecule has 0 saturated carbocycles. The van der Waals surface area contributed by atoms with Gasteiger partial charge in [0, 0.05) is 10.6 Å². The van der Waals surface area contributed by atoms with E-state index in [0.29, 0.717) is 5.92 Å². The third kappa shape index (κ3) is 2.50. The van der Waals surface area contributed by atoms with Gasteiger partial charge in [-0.3, -0.25) is 9.36 Å². The minimum atomic E-state index is 0.115. The average Bonchev–Trinajstić information content (AvgIpc) is 2.94. The van der Waals surface area contributed by atoms with Gasteiger partial charge in [-0.25, -0.2) is 4.98 Å². The van der Waals surface area contributed by atoms with Crippen LogP contribution in [0.15, 0.2) is 28.2 Å². The molecular formula is C18H20N2OS2. The Hall–Kier alpha value is -1.33. The highest BCUT2D eigenvalue weighted by atomic mass is 32.2. The Labute approximate surface area is 144 Å². The molecule has 3 nitrogen and oxygen atoms in total. The molecule has 1 atom stereocenters. The largest absolute Gasteiger partial charge is 0.268 e. The molecule has 23 heavy (non-hydrogen) atoms. The Bertz CT molecular complexity index is 889. The second-order valence-electron chi connectivity index (χ2n) is 6.33. The van der Waals surface area contributed by atoms with Gasteiger partial charge in [0.2, 0.25) is 0 Å². The Kier molecular flexibility index (Phi) is 3.93. The van der Waals surface area contributed by atoms with Crippen molar-refractivity contribution in [3.8, 4) is 0 Å². The monoisotopic (exact) mass is 344 g/mol. The Morgan fingerprint density at radius 2 is 2.17 bits per heavy atom. The number of hydrogen-bond donors (Lipinski definition) is 0. The van der Waals surface area contributed by atoms with E-state index in [1.54, 1.807) is 23.1 Å². The van der Waals surface area contributed by atoms with Gasteiger partial charge >= 0.3 is 0 Å². The van der Waals surface area contributed by atoms with E-state index in [-0.39, 0.29) is 5.56 Å². The van der Waals surface area contributed by atoms with E-state index in [1.807, 2.05) is 10.8 Å². The number of thiophene rings is 1. The number of aryl methyl sites for hydroxylation is 2. The smallest absolute Gasteiger partial charge is 0.267 e. The number of allylic oxidation sites excluding steroid dienone is 4. The lowest BCUT2D eigenvalue weighted by molar-refractivity contribution is 0.698.